The summed E-state index contributed by atoms with van der Waals surface area (Å²) >= 11 is 0. The number of hydrogen-bond donors (Lipinski definition) is 1. The van der Waals surface area contributed by atoms with Crippen molar-refractivity contribution < 1.29 is 13.2 Å². The van der Waals surface area contributed by atoms with Crippen molar-refractivity contribution in [3.05, 3.63) is 65.7 Å². The fraction of sp³-hybridized carbons (Fsp3) is 0.286. The Morgan fingerprint density at radius 3 is 2.81 bits per heavy atom. The van der Waals surface area contributed by atoms with Gasteiger partial charge in [0.15, 0.2) is 9.84 Å². The first-order chi connectivity index (χ1) is 13.0. The average Bonchev–Trinajstić information content (AvgIpc) is 3.04. The van der Waals surface area contributed by atoms with Crippen LogP contribution in [0.25, 0.3) is 10.9 Å². The fourth-order valence-electron chi connectivity index (χ4n) is 3.52. The van der Waals surface area contributed by atoms with Gasteiger partial charge in [-0.1, -0.05) is 30.3 Å². The Hall–Kier alpha value is -2.60. The highest BCUT2D eigenvalue weighted by Gasteiger charge is 2.22. The molecule has 0 bridgehead atoms. The number of rotatable bonds is 6. The van der Waals surface area contributed by atoms with Crippen molar-refractivity contribution in [2.75, 3.05) is 23.9 Å². The lowest BCUT2D eigenvalue weighted by molar-refractivity contribution is 0.345. The van der Waals surface area contributed by atoms with Gasteiger partial charge in [0.25, 0.3) is 0 Å². The van der Waals surface area contributed by atoms with Crippen molar-refractivity contribution in [3.8, 4) is 5.75 Å². The van der Waals surface area contributed by atoms with Gasteiger partial charge in [0.2, 0.25) is 0 Å². The Kier molecular flexibility index (Phi) is 4.74. The smallest absolute Gasteiger partial charge is 0.150 e. The van der Waals surface area contributed by atoms with E-state index in [1.165, 1.54) is 17.4 Å². The third-order valence-corrected chi connectivity index (χ3v) is 5.77. The van der Waals surface area contributed by atoms with Crippen molar-refractivity contribution in [3.63, 3.8) is 0 Å². The summed E-state index contributed by atoms with van der Waals surface area (Å²) in [4.78, 5) is 4.72. The molecule has 1 heterocycles. The van der Waals surface area contributed by atoms with Gasteiger partial charge >= 0.3 is 0 Å². The van der Waals surface area contributed by atoms with Gasteiger partial charge in [0.05, 0.1) is 17.3 Å². The number of pyridine rings is 1. The Balaban J connectivity index is 1.53. The number of sulfone groups is 1. The van der Waals surface area contributed by atoms with E-state index in [1.54, 1.807) is 0 Å². The zero-order chi connectivity index (χ0) is 18.9. The molecule has 0 fully saturated rings. The average molecular weight is 382 g/mol. The number of benzene rings is 2. The predicted molar refractivity (Wildman–Crippen MR) is 108 cm³/mol. The second-order valence-electron chi connectivity index (χ2n) is 6.93. The van der Waals surface area contributed by atoms with E-state index < -0.39 is 9.84 Å². The lowest BCUT2D eigenvalue weighted by atomic mass is 10.1. The number of nitrogens with one attached hydrogen (secondary N) is 1. The van der Waals surface area contributed by atoms with Crippen LogP contribution in [0, 0.1) is 0 Å². The van der Waals surface area contributed by atoms with Crippen LogP contribution in [-0.2, 0) is 16.3 Å². The van der Waals surface area contributed by atoms with E-state index in [0.29, 0.717) is 5.75 Å². The molecule has 1 aliphatic carbocycles. The maximum absolute atomic E-state index is 11.3. The van der Waals surface area contributed by atoms with Crippen molar-refractivity contribution >= 4 is 26.6 Å². The lowest BCUT2D eigenvalue weighted by Crippen LogP contribution is -2.12. The fourth-order valence-corrected chi connectivity index (χ4v) is 3.91. The summed E-state index contributed by atoms with van der Waals surface area (Å²) < 4.78 is 28.2. The van der Waals surface area contributed by atoms with E-state index in [2.05, 4.69) is 29.6 Å². The third-order valence-electron chi connectivity index (χ3n) is 4.86. The van der Waals surface area contributed by atoms with Gasteiger partial charge in [0, 0.05) is 11.6 Å². The molecule has 5 nitrogen and oxygen atoms in total. The number of anilines is 1. The topological polar surface area (TPSA) is 68.3 Å². The van der Waals surface area contributed by atoms with E-state index in [-0.39, 0.29) is 18.4 Å². The monoisotopic (exact) mass is 382 g/mol. The second-order valence-corrected chi connectivity index (χ2v) is 9.19. The standard InChI is InChI=1S/C21H22N2O3S/c1-27(24,25)14-13-26-20-8-4-7-18-17(20)10-12-21(22-18)23-19-11-9-15-5-2-3-6-16(15)19/h2-8,10,12,19H,9,11,13-14H2,1H3,(H,22,23)/t19-/m1/s1. The van der Waals surface area contributed by atoms with E-state index in [4.69, 9.17) is 9.72 Å². The second kappa shape index (κ2) is 7.19. The molecule has 6 heteroatoms. The number of aromatic nitrogens is 1. The number of ether oxygens (including phenoxy) is 1. The normalized spacial score (nSPS) is 16.3. The van der Waals surface area contributed by atoms with E-state index in [1.807, 2.05) is 30.3 Å². The highest BCUT2D eigenvalue weighted by Crippen LogP contribution is 2.34. The molecule has 0 radical (unpaired) electrons. The molecule has 4 rings (SSSR count). The SMILES string of the molecule is CS(=O)(=O)CCOc1cccc2nc(N[C@@H]3CCc4ccccc43)ccc12. The molecule has 0 amide bonds. The minimum atomic E-state index is -3.04. The van der Waals surface area contributed by atoms with Crippen molar-refractivity contribution in [1.29, 1.82) is 0 Å². The molecule has 27 heavy (non-hydrogen) atoms. The zero-order valence-electron chi connectivity index (χ0n) is 15.2. The molecule has 1 aliphatic rings. The number of aryl methyl sites for hydroxylation is 1. The van der Waals surface area contributed by atoms with Crippen LogP contribution in [0.15, 0.2) is 54.6 Å². The molecule has 1 atom stereocenters. The molecule has 1 aromatic heterocycles. The molecule has 3 aromatic rings. The summed E-state index contributed by atoms with van der Waals surface area (Å²) in [5.41, 5.74) is 3.57. The molecule has 0 saturated carbocycles. The van der Waals surface area contributed by atoms with Crippen LogP contribution in [-0.4, -0.2) is 32.0 Å². The van der Waals surface area contributed by atoms with Crippen LogP contribution >= 0.6 is 0 Å². The van der Waals surface area contributed by atoms with Crippen molar-refractivity contribution in [1.82, 2.24) is 4.98 Å². The van der Waals surface area contributed by atoms with Crippen LogP contribution in [0.3, 0.4) is 0 Å². The first-order valence-electron chi connectivity index (χ1n) is 9.04. The molecule has 0 spiro atoms. The van der Waals surface area contributed by atoms with Crippen LogP contribution in [0.5, 0.6) is 5.75 Å². The first-order valence-corrected chi connectivity index (χ1v) is 11.1. The van der Waals surface area contributed by atoms with Crippen LogP contribution in [0.1, 0.15) is 23.6 Å². The first kappa shape index (κ1) is 17.8. The van der Waals surface area contributed by atoms with Crippen molar-refractivity contribution in [2.45, 2.75) is 18.9 Å². The maximum atomic E-state index is 11.3. The summed E-state index contributed by atoms with van der Waals surface area (Å²) in [6.07, 6.45) is 3.35. The Bertz CT molecular complexity index is 1080. The molecular weight excluding hydrogens is 360 g/mol. The molecule has 140 valence electrons. The summed E-state index contributed by atoms with van der Waals surface area (Å²) in [6.45, 7) is 0.136. The van der Waals surface area contributed by atoms with Crippen LogP contribution in [0.2, 0.25) is 0 Å². The number of hydrogen-bond acceptors (Lipinski definition) is 5. The minimum Gasteiger partial charge on any atom is -0.492 e. The van der Waals surface area contributed by atoms with Gasteiger partial charge in [-0.25, -0.2) is 13.4 Å². The van der Waals surface area contributed by atoms with E-state index >= 15 is 0 Å². The number of fused-ring (bicyclic) bond motifs is 2. The molecule has 1 N–H and O–H groups in total. The summed E-state index contributed by atoms with van der Waals surface area (Å²) in [5.74, 6) is 1.48. The Labute approximate surface area is 159 Å². The summed E-state index contributed by atoms with van der Waals surface area (Å²) in [5, 5.41) is 4.42. The van der Waals surface area contributed by atoms with E-state index in [0.717, 1.165) is 29.6 Å². The quantitative estimate of drug-likeness (QED) is 0.703. The summed E-state index contributed by atoms with van der Waals surface area (Å²) in [6, 6.07) is 18.4. The lowest BCUT2D eigenvalue weighted by Gasteiger charge is -2.16. The Morgan fingerprint density at radius 2 is 1.96 bits per heavy atom. The van der Waals surface area contributed by atoms with Gasteiger partial charge in [-0.2, -0.15) is 0 Å². The predicted octanol–water partition coefficient (Wildman–Crippen LogP) is 3.76. The minimum absolute atomic E-state index is 0.00244. The summed E-state index contributed by atoms with van der Waals surface area (Å²) in [7, 11) is -3.04. The van der Waals surface area contributed by atoms with Gasteiger partial charge in [-0.05, 0) is 48.2 Å². The van der Waals surface area contributed by atoms with Gasteiger partial charge in [-0.15, -0.1) is 0 Å². The zero-order valence-corrected chi connectivity index (χ0v) is 16.0. The van der Waals surface area contributed by atoms with Gasteiger partial charge < -0.3 is 10.1 Å². The van der Waals surface area contributed by atoms with Crippen LogP contribution < -0.4 is 10.1 Å². The Morgan fingerprint density at radius 1 is 1.11 bits per heavy atom. The van der Waals surface area contributed by atoms with Gasteiger partial charge in [-0.3, -0.25) is 0 Å². The van der Waals surface area contributed by atoms with Crippen LogP contribution in [0.4, 0.5) is 5.82 Å². The molecule has 0 saturated heterocycles. The maximum Gasteiger partial charge on any atom is 0.150 e. The van der Waals surface area contributed by atoms with E-state index in [9.17, 15) is 8.42 Å². The molecule has 0 aliphatic heterocycles. The molecular formula is C21H22N2O3S. The third kappa shape index (κ3) is 4.06. The molecule has 0 unspecified atom stereocenters. The largest absolute Gasteiger partial charge is 0.492 e. The highest BCUT2D eigenvalue weighted by atomic mass is 32.2. The number of nitrogens with zero attached hydrogens (tertiary/aromatic N) is 1. The van der Waals surface area contributed by atoms with Gasteiger partial charge in [0.1, 0.15) is 18.2 Å². The molecule has 2 aromatic carbocycles. The van der Waals surface area contributed by atoms with Crippen molar-refractivity contribution in [2.24, 2.45) is 0 Å². The highest BCUT2D eigenvalue weighted by molar-refractivity contribution is 7.90.